The molecule has 2 nitrogen and oxygen atoms in total. The monoisotopic (exact) mass is 264 g/mol. The minimum Gasteiger partial charge on any atom is -0.478 e. The number of carbonyl (C=O) groups is 1. The highest BCUT2D eigenvalue weighted by Gasteiger charge is 2.20. The molecule has 0 bridgehead atoms. The molecule has 0 saturated heterocycles. The predicted octanol–water partition coefficient (Wildman–Crippen LogP) is 4.36. The zero-order valence-corrected chi connectivity index (χ0v) is 11.8. The zero-order valence-electron chi connectivity index (χ0n) is 11.0. The largest absolute Gasteiger partial charge is 0.478 e. The lowest BCUT2D eigenvalue weighted by Crippen LogP contribution is -2.15. The van der Waals surface area contributed by atoms with E-state index in [4.69, 9.17) is 5.11 Å². The Morgan fingerprint density at radius 2 is 2.17 bits per heavy atom. The number of hydrogen-bond donors (Lipinski definition) is 1. The van der Waals surface area contributed by atoms with Crippen molar-refractivity contribution in [3.63, 3.8) is 0 Å². The topological polar surface area (TPSA) is 37.3 Å². The summed E-state index contributed by atoms with van der Waals surface area (Å²) in [5.41, 5.74) is 1.46. The number of carboxylic acids is 1. The second-order valence-corrected chi connectivity index (χ2v) is 6.64. The summed E-state index contributed by atoms with van der Waals surface area (Å²) in [5.74, 6) is -0.0178. The van der Waals surface area contributed by atoms with Gasteiger partial charge in [0.05, 0.1) is 5.56 Å². The highest BCUT2D eigenvalue weighted by Crippen LogP contribution is 2.37. The van der Waals surface area contributed by atoms with Crippen LogP contribution in [0.15, 0.2) is 23.1 Å². The molecular formula is C15H20O2S. The lowest BCUT2D eigenvalue weighted by atomic mass is 9.91. The van der Waals surface area contributed by atoms with E-state index < -0.39 is 5.97 Å². The number of hydrogen-bond acceptors (Lipinski definition) is 2. The lowest BCUT2D eigenvalue weighted by molar-refractivity contribution is 0.0696. The van der Waals surface area contributed by atoms with E-state index in [9.17, 15) is 4.79 Å². The second kappa shape index (κ2) is 5.79. The average Bonchev–Trinajstić information content (AvgIpc) is 2.31. The molecule has 0 radical (unpaired) electrons. The molecule has 98 valence electrons. The molecule has 0 aliphatic heterocycles. The number of thioether (sulfide) groups is 1. The van der Waals surface area contributed by atoms with Crippen molar-refractivity contribution < 1.29 is 9.90 Å². The van der Waals surface area contributed by atoms with Gasteiger partial charge in [0.15, 0.2) is 0 Å². The van der Waals surface area contributed by atoms with Crippen molar-refractivity contribution in [1.29, 1.82) is 0 Å². The van der Waals surface area contributed by atoms with E-state index in [-0.39, 0.29) is 0 Å². The van der Waals surface area contributed by atoms with Gasteiger partial charge in [-0.05, 0) is 49.4 Å². The van der Waals surface area contributed by atoms with Crippen LogP contribution < -0.4 is 0 Å². The Balaban J connectivity index is 2.07. The Labute approximate surface area is 113 Å². The maximum Gasteiger partial charge on any atom is 0.335 e. The summed E-state index contributed by atoms with van der Waals surface area (Å²) in [5, 5.41) is 9.65. The number of carboxylic acid groups (broad SMARTS) is 1. The molecule has 1 aromatic carbocycles. The highest BCUT2D eigenvalue weighted by molar-refractivity contribution is 8.00. The zero-order chi connectivity index (χ0) is 13.1. The highest BCUT2D eigenvalue weighted by atomic mass is 32.2. The average molecular weight is 264 g/mol. The number of aryl methyl sites for hydroxylation is 1. The van der Waals surface area contributed by atoms with Gasteiger partial charge in [-0.3, -0.25) is 0 Å². The summed E-state index contributed by atoms with van der Waals surface area (Å²) >= 11 is 1.92. The molecule has 1 aliphatic rings. The Kier molecular flexibility index (Phi) is 4.33. The SMILES string of the molecule is Cc1cc(C(=O)O)ccc1SC1CCCC(C)C1. The molecule has 0 heterocycles. The number of aromatic carboxylic acids is 1. The van der Waals surface area contributed by atoms with Gasteiger partial charge in [0, 0.05) is 10.1 Å². The van der Waals surface area contributed by atoms with Crippen LogP contribution in [0.25, 0.3) is 0 Å². The maximum atomic E-state index is 10.9. The first-order valence-electron chi connectivity index (χ1n) is 6.57. The van der Waals surface area contributed by atoms with E-state index in [1.165, 1.54) is 30.6 Å². The van der Waals surface area contributed by atoms with Gasteiger partial charge in [-0.15, -0.1) is 11.8 Å². The first kappa shape index (κ1) is 13.5. The number of benzene rings is 1. The van der Waals surface area contributed by atoms with Gasteiger partial charge in [0.1, 0.15) is 0 Å². The fourth-order valence-corrected chi connectivity index (χ4v) is 4.04. The van der Waals surface area contributed by atoms with Crippen LogP contribution in [0.1, 0.15) is 48.5 Å². The van der Waals surface area contributed by atoms with Crippen LogP contribution >= 0.6 is 11.8 Å². The van der Waals surface area contributed by atoms with Crippen molar-refractivity contribution >= 4 is 17.7 Å². The van der Waals surface area contributed by atoms with Gasteiger partial charge >= 0.3 is 5.97 Å². The Hall–Kier alpha value is -0.960. The standard InChI is InChI=1S/C15H20O2S/c1-10-4-3-5-13(8-10)18-14-7-6-12(15(16)17)9-11(14)2/h6-7,9-10,13H,3-5,8H2,1-2H3,(H,16,17). The summed E-state index contributed by atoms with van der Waals surface area (Å²) in [6.07, 6.45) is 5.25. The van der Waals surface area contributed by atoms with Crippen molar-refractivity contribution in [2.75, 3.05) is 0 Å². The van der Waals surface area contributed by atoms with Crippen molar-refractivity contribution in [3.8, 4) is 0 Å². The summed E-state index contributed by atoms with van der Waals surface area (Å²) in [6, 6.07) is 5.45. The first-order chi connectivity index (χ1) is 8.56. The third-order valence-corrected chi connectivity index (χ3v) is 5.08. The molecule has 1 aliphatic carbocycles. The van der Waals surface area contributed by atoms with Crippen LogP contribution in [-0.2, 0) is 0 Å². The molecule has 2 unspecified atom stereocenters. The fourth-order valence-electron chi connectivity index (χ4n) is 2.58. The van der Waals surface area contributed by atoms with E-state index >= 15 is 0 Å². The van der Waals surface area contributed by atoms with Gasteiger partial charge in [0.25, 0.3) is 0 Å². The van der Waals surface area contributed by atoms with Gasteiger partial charge in [-0.2, -0.15) is 0 Å². The normalized spacial score (nSPS) is 23.9. The van der Waals surface area contributed by atoms with E-state index in [1.807, 2.05) is 24.8 Å². The Bertz CT molecular complexity index is 442. The summed E-state index contributed by atoms with van der Waals surface area (Å²) < 4.78 is 0. The van der Waals surface area contributed by atoms with Crippen molar-refractivity contribution in [2.24, 2.45) is 5.92 Å². The summed E-state index contributed by atoms with van der Waals surface area (Å²) in [6.45, 7) is 4.33. The van der Waals surface area contributed by atoms with Gasteiger partial charge < -0.3 is 5.11 Å². The molecule has 3 heteroatoms. The summed E-state index contributed by atoms with van der Waals surface area (Å²) in [4.78, 5) is 12.1. The number of rotatable bonds is 3. The fraction of sp³-hybridized carbons (Fsp3) is 0.533. The van der Waals surface area contributed by atoms with Gasteiger partial charge in [-0.25, -0.2) is 4.79 Å². The molecular weight excluding hydrogens is 244 g/mol. The first-order valence-corrected chi connectivity index (χ1v) is 7.45. The van der Waals surface area contributed by atoms with E-state index in [0.717, 1.165) is 11.5 Å². The third-order valence-electron chi connectivity index (χ3n) is 3.60. The van der Waals surface area contributed by atoms with Crippen LogP contribution in [0.5, 0.6) is 0 Å². The van der Waals surface area contributed by atoms with Crippen molar-refractivity contribution in [3.05, 3.63) is 29.3 Å². The molecule has 0 spiro atoms. The Morgan fingerprint density at radius 1 is 1.39 bits per heavy atom. The van der Waals surface area contributed by atoms with Gasteiger partial charge in [0.2, 0.25) is 0 Å². The second-order valence-electron chi connectivity index (χ2n) is 5.30. The lowest BCUT2D eigenvalue weighted by Gasteiger charge is -2.26. The van der Waals surface area contributed by atoms with Crippen LogP contribution in [0.3, 0.4) is 0 Å². The van der Waals surface area contributed by atoms with Crippen LogP contribution in [-0.4, -0.2) is 16.3 Å². The van der Waals surface area contributed by atoms with Gasteiger partial charge in [-0.1, -0.05) is 19.8 Å². The molecule has 2 atom stereocenters. The molecule has 1 saturated carbocycles. The predicted molar refractivity (Wildman–Crippen MR) is 75.4 cm³/mol. The van der Waals surface area contributed by atoms with E-state index in [1.54, 1.807) is 12.1 Å². The van der Waals surface area contributed by atoms with Crippen LogP contribution in [0.4, 0.5) is 0 Å². The minimum absolute atomic E-state index is 0.383. The Morgan fingerprint density at radius 3 is 2.78 bits per heavy atom. The van der Waals surface area contributed by atoms with E-state index in [0.29, 0.717) is 10.8 Å². The van der Waals surface area contributed by atoms with Crippen molar-refractivity contribution in [2.45, 2.75) is 49.7 Å². The third kappa shape index (κ3) is 3.29. The molecule has 1 aromatic rings. The summed E-state index contributed by atoms with van der Waals surface area (Å²) in [7, 11) is 0. The van der Waals surface area contributed by atoms with Crippen LogP contribution in [0.2, 0.25) is 0 Å². The molecule has 0 amide bonds. The molecule has 1 N–H and O–H groups in total. The molecule has 1 fully saturated rings. The quantitative estimate of drug-likeness (QED) is 0.881. The van der Waals surface area contributed by atoms with Crippen LogP contribution in [0, 0.1) is 12.8 Å². The smallest absolute Gasteiger partial charge is 0.335 e. The molecule has 2 rings (SSSR count). The van der Waals surface area contributed by atoms with E-state index in [2.05, 4.69) is 6.92 Å². The minimum atomic E-state index is -0.846. The maximum absolute atomic E-state index is 10.9. The molecule has 18 heavy (non-hydrogen) atoms. The van der Waals surface area contributed by atoms with Crippen molar-refractivity contribution in [1.82, 2.24) is 0 Å². The molecule has 0 aromatic heterocycles.